The summed E-state index contributed by atoms with van der Waals surface area (Å²) in [6.07, 6.45) is 44.7. The molecule has 0 spiro atoms. The van der Waals surface area contributed by atoms with Crippen LogP contribution in [-0.4, -0.2) is 96.7 Å². The van der Waals surface area contributed by atoms with E-state index in [9.17, 15) is 43.2 Å². The molecule has 6 atom stereocenters. The summed E-state index contributed by atoms with van der Waals surface area (Å²) in [4.78, 5) is 72.5. The Bertz CT molecular complexity index is 1800. The first-order chi connectivity index (χ1) is 43.6. The minimum Gasteiger partial charge on any atom is -0.462 e. The highest BCUT2D eigenvalue weighted by molar-refractivity contribution is 7.47. The predicted octanol–water partition coefficient (Wildman–Crippen LogP) is 20.5. The molecule has 0 aliphatic carbocycles. The number of phosphoric acid groups is 2. The summed E-state index contributed by atoms with van der Waals surface area (Å²) in [7, 11) is -9.90. The number of unbranched alkanes of at least 4 members (excludes halogenated alkanes) is 34. The Morgan fingerprint density at radius 2 is 0.527 bits per heavy atom. The van der Waals surface area contributed by atoms with Crippen molar-refractivity contribution in [1.29, 1.82) is 0 Å². The van der Waals surface area contributed by atoms with Crippen LogP contribution in [0.3, 0.4) is 0 Å². The van der Waals surface area contributed by atoms with Gasteiger partial charge in [-0.15, -0.1) is 0 Å². The zero-order chi connectivity index (χ0) is 67.5. The molecular weight excluding hydrogens is 1200 g/mol. The molecular formula is C72H140O17P2. The smallest absolute Gasteiger partial charge is 0.462 e. The first-order valence-electron chi connectivity index (χ1n) is 37.2. The molecule has 0 bridgehead atoms. The van der Waals surface area contributed by atoms with Crippen LogP contribution in [0.2, 0.25) is 0 Å². The number of esters is 4. The van der Waals surface area contributed by atoms with Crippen LogP contribution < -0.4 is 0 Å². The van der Waals surface area contributed by atoms with Crippen molar-refractivity contribution in [2.45, 2.75) is 375 Å². The molecule has 0 rings (SSSR count). The van der Waals surface area contributed by atoms with Crippen molar-refractivity contribution < 1.29 is 80.2 Å². The summed E-state index contributed by atoms with van der Waals surface area (Å²) < 4.78 is 68.3. The molecule has 0 aromatic rings. The Labute approximate surface area is 556 Å². The second-order valence-corrected chi connectivity index (χ2v) is 30.6. The van der Waals surface area contributed by atoms with Gasteiger partial charge in [-0.3, -0.25) is 37.3 Å². The van der Waals surface area contributed by atoms with Gasteiger partial charge >= 0.3 is 39.5 Å². The first-order valence-corrected chi connectivity index (χ1v) is 40.2. The molecule has 0 saturated heterocycles. The van der Waals surface area contributed by atoms with E-state index >= 15 is 0 Å². The quantitative estimate of drug-likeness (QED) is 0.0222. The molecule has 0 radical (unpaired) electrons. The van der Waals surface area contributed by atoms with Gasteiger partial charge in [0, 0.05) is 25.7 Å². The molecule has 0 aliphatic heterocycles. The van der Waals surface area contributed by atoms with E-state index in [1.807, 2.05) is 0 Å². The minimum atomic E-state index is -4.95. The maximum absolute atomic E-state index is 13.0. The summed E-state index contributed by atoms with van der Waals surface area (Å²) in [6.45, 7) is 14.1. The summed E-state index contributed by atoms with van der Waals surface area (Å²) >= 11 is 0. The number of ether oxygens (including phenoxy) is 4. The Kier molecular flexibility index (Phi) is 60.3. The average molecular weight is 1340 g/mol. The highest BCUT2D eigenvalue weighted by Gasteiger charge is 2.30. The number of hydrogen-bond donors (Lipinski definition) is 3. The van der Waals surface area contributed by atoms with Crippen molar-refractivity contribution in [3.05, 3.63) is 0 Å². The fourth-order valence-electron chi connectivity index (χ4n) is 10.8. The highest BCUT2D eigenvalue weighted by Crippen LogP contribution is 2.45. The van der Waals surface area contributed by atoms with Crippen molar-refractivity contribution in [3.63, 3.8) is 0 Å². The van der Waals surface area contributed by atoms with Gasteiger partial charge in [0.15, 0.2) is 12.2 Å². The topological polar surface area (TPSA) is 237 Å². The third-order valence-corrected chi connectivity index (χ3v) is 18.8. The number of carbonyl (C=O) groups is 4. The molecule has 3 unspecified atom stereocenters. The zero-order valence-electron chi connectivity index (χ0n) is 59.5. The molecule has 0 saturated carbocycles. The van der Waals surface area contributed by atoms with Gasteiger partial charge in [0.1, 0.15) is 19.3 Å². The van der Waals surface area contributed by atoms with Crippen LogP contribution in [0.1, 0.15) is 357 Å². The lowest BCUT2D eigenvalue weighted by molar-refractivity contribution is -0.161. The van der Waals surface area contributed by atoms with Gasteiger partial charge < -0.3 is 33.8 Å². The number of aliphatic hydroxyl groups excluding tert-OH is 1. The summed E-state index contributed by atoms with van der Waals surface area (Å²) in [6, 6.07) is 0. The van der Waals surface area contributed by atoms with Crippen LogP contribution in [0.4, 0.5) is 0 Å². The van der Waals surface area contributed by atoms with E-state index in [0.29, 0.717) is 37.5 Å². The zero-order valence-corrected chi connectivity index (χ0v) is 61.3. The molecule has 19 heteroatoms. The van der Waals surface area contributed by atoms with Crippen LogP contribution in [-0.2, 0) is 65.4 Å². The van der Waals surface area contributed by atoms with Gasteiger partial charge in [-0.05, 0) is 49.4 Å². The lowest BCUT2D eigenvalue weighted by Crippen LogP contribution is -2.30. The maximum Gasteiger partial charge on any atom is 0.472 e. The fourth-order valence-corrected chi connectivity index (χ4v) is 12.4. The van der Waals surface area contributed by atoms with E-state index in [2.05, 4.69) is 55.4 Å². The molecule has 0 fully saturated rings. The number of phosphoric ester groups is 2. The molecule has 17 nitrogen and oxygen atoms in total. The molecule has 540 valence electrons. The average Bonchev–Trinajstić information content (AvgIpc) is 2.79. The van der Waals surface area contributed by atoms with E-state index in [0.717, 1.165) is 108 Å². The largest absolute Gasteiger partial charge is 0.472 e. The molecule has 3 N–H and O–H groups in total. The van der Waals surface area contributed by atoms with Crippen molar-refractivity contribution in [2.75, 3.05) is 39.6 Å². The molecule has 0 aliphatic rings. The molecule has 0 amide bonds. The number of aliphatic hydroxyl groups is 1. The lowest BCUT2D eigenvalue weighted by Gasteiger charge is -2.21. The van der Waals surface area contributed by atoms with Crippen molar-refractivity contribution in [2.24, 2.45) is 23.7 Å². The molecule has 0 heterocycles. The monoisotopic (exact) mass is 1340 g/mol. The molecule has 91 heavy (non-hydrogen) atoms. The first kappa shape index (κ1) is 89.1. The highest BCUT2D eigenvalue weighted by atomic mass is 31.2. The Hall–Kier alpha value is -1.94. The third-order valence-electron chi connectivity index (χ3n) is 16.9. The van der Waals surface area contributed by atoms with Crippen LogP contribution in [0, 0.1) is 23.7 Å². The number of carbonyl (C=O) groups excluding carboxylic acids is 4. The Morgan fingerprint density at radius 1 is 0.308 bits per heavy atom. The van der Waals surface area contributed by atoms with E-state index in [1.54, 1.807) is 0 Å². The van der Waals surface area contributed by atoms with E-state index in [-0.39, 0.29) is 25.7 Å². The van der Waals surface area contributed by atoms with Crippen LogP contribution >= 0.6 is 15.6 Å². The van der Waals surface area contributed by atoms with Gasteiger partial charge in [0.25, 0.3) is 0 Å². The molecule has 0 aromatic carbocycles. The van der Waals surface area contributed by atoms with Gasteiger partial charge in [-0.25, -0.2) is 9.13 Å². The Balaban J connectivity index is 5.18. The minimum absolute atomic E-state index is 0.103. The van der Waals surface area contributed by atoms with Gasteiger partial charge in [0.05, 0.1) is 26.4 Å². The lowest BCUT2D eigenvalue weighted by atomic mass is 9.99. The van der Waals surface area contributed by atoms with Crippen molar-refractivity contribution in [3.8, 4) is 0 Å². The van der Waals surface area contributed by atoms with Gasteiger partial charge in [-0.1, -0.05) is 306 Å². The maximum atomic E-state index is 13.0. The van der Waals surface area contributed by atoms with Crippen LogP contribution in [0.15, 0.2) is 0 Å². The van der Waals surface area contributed by atoms with Crippen LogP contribution in [0.25, 0.3) is 0 Å². The summed E-state index contributed by atoms with van der Waals surface area (Å²) in [5.41, 5.74) is 0. The number of rotatable bonds is 69. The van der Waals surface area contributed by atoms with Gasteiger partial charge in [0.2, 0.25) is 0 Å². The summed E-state index contributed by atoms with van der Waals surface area (Å²) in [5.74, 6) is 0.860. The second kappa shape index (κ2) is 61.6. The normalized spacial score (nSPS) is 14.5. The fraction of sp³-hybridized carbons (Fsp3) is 0.944. The van der Waals surface area contributed by atoms with Crippen LogP contribution in [0.5, 0.6) is 0 Å². The van der Waals surface area contributed by atoms with E-state index < -0.39 is 97.5 Å². The SMILES string of the molecule is CCC(C)CCCCCCCCCCCCCCCCC(=O)OC[C@H](COP(=O)(O)OC[C@@H](O)COP(=O)(O)OC[C@@H](COC(=O)CCCCCCCCC(C)C)OC(=O)CCCCCCCCCCCCCC(C)C)OC(=O)CCCCCCCCCC(C)C. The van der Waals surface area contributed by atoms with Crippen molar-refractivity contribution in [1.82, 2.24) is 0 Å². The number of hydrogen-bond acceptors (Lipinski definition) is 15. The Morgan fingerprint density at radius 3 is 0.780 bits per heavy atom. The molecule has 0 aromatic heterocycles. The standard InChI is InChI=1S/C72H140O17P2/c1-9-65(8)51-43-35-26-20-16-12-10-11-13-17-21-27-36-44-52-69(74)82-58-67(89-72(77)55-47-39-29-23-25-33-41-49-63(4)5)60-86-90(78,79)84-56-66(73)57-85-91(80,81)87-61-68(59-83-70(75)53-45-37-31-30-34-42-50-64(6)7)88-71(76)54-46-38-28-22-18-14-15-19-24-32-40-48-62(2)3/h62-68,73H,9-61H2,1-8H3,(H,78,79)(H,80,81)/t65?,66-,67-,68-/m1/s1. The third kappa shape index (κ3) is 65.1. The van der Waals surface area contributed by atoms with Gasteiger partial charge in [-0.2, -0.15) is 0 Å². The van der Waals surface area contributed by atoms with E-state index in [4.69, 9.17) is 37.0 Å². The second-order valence-electron chi connectivity index (χ2n) is 27.6. The van der Waals surface area contributed by atoms with Crippen molar-refractivity contribution >= 4 is 39.5 Å². The van der Waals surface area contributed by atoms with E-state index in [1.165, 1.54) is 154 Å². The summed E-state index contributed by atoms with van der Waals surface area (Å²) in [5, 5.41) is 10.6. The predicted molar refractivity (Wildman–Crippen MR) is 367 cm³/mol.